The number of amides is 1. The van der Waals surface area contributed by atoms with Gasteiger partial charge in [0.2, 0.25) is 12.7 Å². The van der Waals surface area contributed by atoms with Gasteiger partial charge in [0.05, 0.1) is 0 Å². The van der Waals surface area contributed by atoms with Crippen LogP contribution in [0.5, 0.6) is 11.5 Å². The third-order valence-electron chi connectivity index (χ3n) is 3.52. The van der Waals surface area contributed by atoms with Gasteiger partial charge in [-0.2, -0.15) is 5.10 Å². The molecule has 0 radical (unpaired) electrons. The van der Waals surface area contributed by atoms with Crippen LogP contribution in [0.15, 0.2) is 23.3 Å². The smallest absolute Gasteiger partial charge is 0.243 e. The Morgan fingerprint density at radius 3 is 2.95 bits per heavy atom. The number of hydrogen-bond donors (Lipinski definition) is 1. The summed E-state index contributed by atoms with van der Waals surface area (Å²) >= 11 is 0. The SMILES string of the molecule is C/C(CCc1ccc2c(c1)OCO2)=N/NC(=O)C1CC1. The highest BCUT2D eigenvalue weighted by molar-refractivity contribution is 5.86. The molecule has 1 fully saturated rings. The average molecular weight is 274 g/mol. The lowest BCUT2D eigenvalue weighted by molar-refractivity contribution is -0.122. The Kier molecular flexibility index (Phi) is 3.58. The first kappa shape index (κ1) is 13.0. The summed E-state index contributed by atoms with van der Waals surface area (Å²) in [5.41, 5.74) is 4.73. The van der Waals surface area contributed by atoms with E-state index in [0.717, 1.165) is 42.9 Å². The van der Waals surface area contributed by atoms with Crippen LogP contribution in [0.1, 0.15) is 31.7 Å². The third-order valence-corrected chi connectivity index (χ3v) is 3.52. The number of aryl methyl sites for hydroxylation is 1. The number of benzene rings is 1. The number of fused-ring (bicyclic) bond motifs is 1. The van der Waals surface area contributed by atoms with Crippen molar-refractivity contribution in [2.24, 2.45) is 11.0 Å². The fraction of sp³-hybridized carbons (Fsp3) is 0.467. The molecule has 1 N–H and O–H groups in total. The van der Waals surface area contributed by atoms with Crippen molar-refractivity contribution in [1.29, 1.82) is 0 Å². The van der Waals surface area contributed by atoms with E-state index in [1.54, 1.807) is 0 Å². The molecule has 1 aromatic rings. The van der Waals surface area contributed by atoms with Gasteiger partial charge < -0.3 is 9.47 Å². The predicted molar refractivity (Wildman–Crippen MR) is 74.9 cm³/mol. The Balaban J connectivity index is 1.50. The van der Waals surface area contributed by atoms with Gasteiger partial charge in [-0.05, 0) is 50.3 Å². The molecule has 1 aliphatic carbocycles. The molecule has 3 rings (SSSR count). The van der Waals surface area contributed by atoms with Crippen molar-refractivity contribution in [3.63, 3.8) is 0 Å². The van der Waals surface area contributed by atoms with Gasteiger partial charge in [-0.3, -0.25) is 4.79 Å². The van der Waals surface area contributed by atoms with Crippen LogP contribution in [0.25, 0.3) is 0 Å². The summed E-state index contributed by atoms with van der Waals surface area (Å²) in [5.74, 6) is 1.85. The zero-order valence-corrected chi connectivity index (χ0v) is 11.5. The lowest BCUT2D eigenvalue weighted by atomic mass is 10.1. The monoisotopic (exact) mass is 274 g/mol. The first-order chi connectivity index (χ1) is 9.72. The third kappa shape index (κ3) is 3.10. The van der Waals surface area contributed by atoms with Crippen molar-refractivity contribution in [2.75, 3.05) is 6.79 Å². The van der Waals surface area contributed by atoms with Crippen molar-refractivity contribution in [1.82, 2.24) is 5.43 Å². The summed E-state index contributed by atoms with van der Waals surface area (Å²) < 4.78 is 10.6. The number of nitrogens with one attached hydrogen (secondary N) is 1. The molecule has 0 bridgehead atoms. The second-order valence-corrected chi connectivity index (χ2v) is 5.29. The number of hydrazone groups is 1. The summed E-state index contributed by atoms with van der Waals surface area (Å²) in [7, 11) is 0. The Morgan fingerprint density at radius 2 is 2.15 bits per heavy atom. The molecule has 5 heteroatoms. The minimum absolute atomic E-state index is 0.0485. The van der Waals surface area contributed by atoms with E-state index in [0.29, 0.717) is 6.79 Å². The molecule has 0 atom stereocenters. The van der Waals surface area contributed by atoms with E-state index in [1.807, 2.05) is 25.1 Å². The summed E-state index contributed by atoms with van der Waals surface area (Å²) in [6, 6.07) is 5.96. The second-order valence-electron chi connectivity index (χ2n) is 5.29. The first-order valence-corrected chi connectivity index (χ1v) is 6.94. The average Bonchev–Trinajstić information content (AvgIpc) is 3.20. The molecule has 106 valence electrons. The number of nitrogens with zero attached hydrogens (tertiary/aromatic N) is 1. The van der Waals surface area contributed by atoms with Crippen molar-refractivity contribution in [2.45, 2.75) is 32.6 Å². The Hall–Kier alpha value is -2.04. The van der Waals surface area contributed by atoms with Crippen LogP contribution >= 0.6 is 0 Å². The van der Waals surface area contributed by atoms with Gasteiger partial charge in [0.1, 0.15) is 0 Å². The molecule has 0 saturated heterocycles. The number of rotatable bonds is 5. The molecule has 1 saturated carbocycles. The van der Waals surface area contributed by atoms with Gasteiger partial charge >= 0.3 is 0 Å². The van der Waals surface area contributed by atoms with E-state index >= 15 is 0 Å². The maximum atomic E-state index is 11.5. The van der Waals surface area contributed by atoms with Crippen LogP contribution in [0.2, 0.25) is 0 Å². The normalized spacial score (nSPS) is 17.1. The molecular weight excluding hydrogens is 256 g/mol. The number of carbonyl (C=O) groups is 1. The maximum Gasteiger partial charge on any atom is 0.243 e. The lowest BCUT2D eigenvalue weighted by Gasteiger charge is -2.04. The molecule has 0 spiro atoms. The molecule has 1 aliphatic heterocycles. The summed E-state index contributed by atoms with van der Waals surface area (Å²) in [6.07, 6.45) is 3.67. The van der Waals surface area contributed by atoms with Gasteiger partial charge in [-0.1, -0.05) is 6.07 Å². The minimum Gasteiger partial charge on any atom is -0.454 e. The van der Waals surface area contributed by atoms with Crippen LogP contribution in [-0.4, -0.2) is 18.4 Å². The van der Waals surface area contributed by atoms with Gasteiger partial charge in [0, 0.05) is 11.6 Å². The fourth-order valence-corrected chi connectivity index (χ4v) is 2.06. The van der Waals surface area contributed by atoms with E-state index in [9.17, 15) is 4.79 Å². The van der Waals surface area contributed by atoms with E-state index in [-0.39, 0.29) is 11.8 Å². The zero-order chi connectivity index (χ0) is 13.9. The van der Waals surface area contributed by atoms with Crippen molar-refractivity contribution >= 4 is 11.6 Å². The molecule has 0 aromatic heterocycles. The van der Waals surface area contributed by atoms with Gasteiger partial charge in [0.15, 0.2) is 11.5 Å². The molecule has 2 aliphatic rings. The topological polar surface area (TPSA) is 59.9 Å². The van der Waals surface area contributed by atoms with E-state index < -0.39 is 0 Å². The summed E-state index contributed by atoms with van der Waals surface area (Å²) in [4.78, 5) is 11.5. The molecule has 0 unspecified atom stereocenters. The first-order valence-electron chi connectivity index (χ1n) is 6.94. The van der Waals surface area contributed by atoms with E-state index in [1.165, 1.54) is 5.56 Å². The molecule has 1 aromatic carbocycles. The molecular formula is C15H18N2O3. The van der Waals surface area contributed by atoms with E-state index in [2.05, 4.69) is 10.5 Å². The standard InChI is InChI=1S/C15H18N2O3/c1-10(16-17-15(18)12-5-6-12)2-3-11-4-7-13-14(8-11)20-9-19-13/h4,7-8,12H,2-3,5-6,9H2,1H3,(H,17,18)/b16-10-. The number of carbonyl (C=O) groups excluding carboxylic acids is 1. The van der Waals surface area contributed by atoms with Gasteiger partial charge in [0.25, 0.3) is 0 Å². The van der Waals surface area contributed by atoms with E-state index in [4.69, 9.17) is 9.47 Å². The van der Waals surface area contributed by atoms with Crippen molar-refractivity contribution in [3.05, 3.63) is 23.8 Å². The minimum atomic E-state index is 0.0485. The van der Waals surface area contributed by atoms with Crippen LogP contribution in [0, 0.1) is 5.92 Å². The Morgan fingerprint density at radius 1 is 1.35 bits per heavy atom. The Labute approximate surface area is 118 Å². The fourth-order valence-electron chi connectivity index (χ4n) is 2.06. The molecule has 1 amide bonds. The predicted octanol–water partition coefficient (Wildman–Crippen LogP) is 2.25. The summed E-state index contributed by atoms with van der Waals surface area (Å²) in [6.45, 7) is 2.23. The molecule has 20 heavy (non-hydrogen) atoms. The van der Waals surface area contributed by atoms with Crippen LogP contribution < -0.4 is 14.9 Å². The molecule has 1 heterocycles. The number of ether oxygens (including phenoxy) is 2. The number of hydrogen-bond acceptors (Lipinski definition) is 4. The quantitative estimate of drug-likeness (QED) is 0.661. The van der Waals surface area contributed by atoms with Crippen LogP contribution in [0.4, 0.5) is 0 Å². The van der Waals surface area contributed by atoms with Gasteiger partial charge in [-0.25, -0.2) is 5.43 Å². The maximum absolute atomic E-state index is 11.5. The van der Waals surface area contributed by atoms with Gasteiger partial charge in [-0.15, -0.1) is 0 Å². The molecule has 5 nitrogen and oxygen atoms in total. The van der Waals surface area contributed by atoms with Crippen molar-refractivity contribution in [3.8, 4) is 11.5 Å². The Bertz CT molecular complexity index is 550. The summed E-state index contributed by atoms with van der Waals surface area (Å²) in [5, 5.41) is 4.13. The van der Waals surface area contributed by atoms with Crippen LogP contribution in [-0.2, 0) is 11.2 Å². The van der Waals surface area contributed by atoms with Crippen LogP contribution in [0.3, 0.4) is 0 Å². The second kappa shape index (κ2) is 5.53. The largest absolute Gasteiger partial charge is 0.454 e. The lowest BCUT2D eigenvalue weighted by Crippen LogP contribution is -2.20. The highest BCUT2D eigenvalue weighted by atomic mass is 16.7. The zero-order valence-electron chi connectivity index (χ0n) is 11.5. The highest BCUT2D eigenvalue weighted by Gasteiger charge is 2.29. The highest BCUT2D eigenvalue weighted by Crippen LogP contribution is 2.32. The van der Waals surface area contributed by atoms with Crippen molar-refractivity contribution < 1.29 is 14.3 Å².